The number of carbonyl (C=O) groups is 1. The number of hydrogen-bond donors (Lipinski definition) is 1. The summed E-state index contributed by atoms with van der Waals surface area (Å²) in [5, 5.41) is 9.02. The Labute approximate surface area is 111 Å². The molecule has 1 N–H and O–H groups in total. The number of nitrogens with zero attached hydrogens (tertiary/aromatic N) is 3. The van der Waals surface area contributed by atoms with Gasteiger partial charge in [0.05, 0.1) is 5.56 Å². The van der Waals surface area contributed by atoms with Crippen LogP contribution in [0.2, 0.25) is 0 Å². The smallest absolute Gasteiger partial charge is 0.337 e. The Balaban J connectivity index is 2.13. The van der Waals surface area contributed by atoms with Crippen molar-refractivity contribution in [2.24, 2.45) is 0 Å². The topological polar surface area (TPSA) is 68.0 Å². The first kappa shape index (κ1) is 12.1. The number of aromatic carboxylic acids is 1. The van der Waals surface area contributed by atoms with Crippen LogP contribution in [0.3, 0.4) is 0 Å². The average molecular weight is 259 g/mol. The van der Waals surface area contributed by atoms with Crippen LogP contribution in [0.1, 0.15) is 54.7 Å². The lowest BCUT2D eigenvalue weighted by molar-refractivity contribution is 0.0696. The molecule has 2 heterocycles. The minimum atomic E-state index is -0.954. The second-order valence-electron chi connectivity index (χ2n) is 5.12. The maximum absolute atomic E-state index is 11.0. The van der Waals surface area contributed by atoms with Crippen LogP contribution in [0.25, 0.3) is 11.2 Å². The Morgan fingerprint density at radius 1 is 1.53 bits per heavy atom. The number of hydrogen-bond acceptors (Lipinski definition) is 3. The van der Waals surface area contributed by atoms with E-state index in [0.717, 1.165) is 24.4 Å². The summed E-state index contributed by atoms with van der Waals surface area (Å²) in [4.78, 5) is 19.9. The molecule has 0 unspecified atom stereocenters. The molecule has 19 heavy (non-hydrogen) atoms. The van der Waals surface area contributed by atoms with Crippen LogP contribution in [0.4, 0.5) is 0 Å². The summed E-state index contributed by atoms with van der Waals surface area (Å²) in [6, 6.07) is 1.62. The first-order valence-corrected chi connectivity index (χ1v) is 6.80. The van der Waals surface area contributed by atoms with Gasteiger partial charge in [-0.2, -0.15) is 0 Å². The van der Waals surface area contributed by atoms with Crippen molar-refractivity contribution in [3.05, 3.63) is 23.7 Å². The molecule has 5 heteroatoms. The fourth-order valence-corrected chi connectivity index (χ4v) is 2.57. The van der Waals surface area contributed by atoms with Gasteiger partial charge in [-0.05, 0) is 25.3 Å². The standard InChI is InChI=1S/C14H17N3O2/c1-2-6-17-12(9-4-3-5-9)16-11-7-10(14(18)19)8-15-13(11)17/h7-9H,2-6H2,1H3,(H,18,19). The van der Waals surface area contributed by atoms with Crippen molar-refractivity contribution in [2.75, 3.05) is 0 Å². The normalized spacial score (nSPS) is 15.6. The second-order valence-corrected chi connectivity index (χ2v) is 5.12. The zero-order valence-corrected chi connectivity index (χ0v) is 11.0. The van der Waals surface area contributed by atoms with E-state index in [1.807, 2.05) is 0 Å². The SMILES string of the molecule is CCCn1c(C2CCC2)nc2cc(C(=O)O)cnc21. The number of carboxylic acids is 1. The third-order valence-electron chi connectivity index (χ3n) is 3.78. The Morgan fingerprint density at radius 3 is 2.89 bits per heavy atom. The molecule has 0 saturated heterocycles. The van der Waals surface area contributed by atoms with Gasteiger partial charge in [0.15, 0.2) is 5.65 Å². The molecule has 1 aliphatic rings. The number of imidazole rings is 1. The zero-order chi connectivity index (χ0) is 13.4. The summed E-state index contributed by atoms with van der Waals surface area (Å²) in [5.41, 5.74) is 1.72. The van der Waals surface area contributed by atoms with E-state index in [-0.39, 0.29) is 5.56 Å². The Morgan fingerprint density at radius 2 is 2.32 bits per heavy atom. The van der Waals surface area contributed by atoms with E-state index in [0.29, 0.717) is 11.4 Å². The average Bonchev–Trinajstić information content (AvgIpc) is 2.65. The summed E-state index contributed by atoms with van der Waals surface area (Å²) in [7, 11) is 0. The Hall–Kier alpha value is -1.91. The van der Waals surface area contributed by atoms with E-state index < -0.39 is 5.97 Å². The van der Waals surface area contributed by atoms with Crippen LogP contribution < -0.4 is 0 Å². The van der Waals surface area contributed by atoms with Crippen LogP contribution in [0.5, 0.6) is 0 Å². The van der Waals surface area contributed by atoms with Crippen molar-refractivity contribution in [1.82, 2.24) is 14.5 Å². The molecule has 2 aromatic rings. The summed E-state index contributed by atoms with van der Waals surface area (Å²) >= 11 is 0. The molecular weight excluding hydrogens is 242 g/mol. The van der Waals surface area contributed by atoms with E-state index in [1.54, 1.807) is 6.07 Å². The quantitative estimate of drug-likeness (QED) is 0.916. The molecule has 100 valence electrons. The largest absolute Gasteiger partial charge is 0.478 e. The predicted molar refractivity (Wildman–Crippen MR) is 71.4 cm³/mol. The van der Waals surface area contributed by atoms with Crippen LogP contribution in [0, 0.1) is 0 Å². The van der Waals surface area contributed by atoms with E-state index in [2.05, 4.69) is 21.5 Å². The highest BCUT2D eigenvalue weighted by atomic mass is 16.4. The van der Waals surface area contributed by atoms with Gasteiger partial charge in [-0.15, -0.1) is 0 Å². The van der Waals surface area contributed by atoms with Crippen molar-refractivity contribution in [2.45, 2.75) is 45.1 Å². The van der Waals surface area contributed by atoms with Gasteiger partial charge in [0.25, 0.3) is 0 Å². The van der Waals surface area contributed by atoms with Gasteiger partial charge >= 0.3 is 5.97 Å². The molecule has 0 atom stereocenters. The Kier molecular flexibility index (Phi) is 2.97. The van der Waals surface area contributed by atoms with Crippen molar-refractivity contribution >= 4 is 17.1 Å². The lowest BCUT2D eigenvalue weighted by atomic mass is 9.85. The van der Waals surface area contributed by atoms with Gasteiger partial charge in [-0.25, -0.2) is 14.8 Å². The molecule has 0 spiro atoms. The van der Waals surface area contributed by atoms with Crippen molar-refractivity contribution in [3.63, 3.8) is 0 Å². The Bertz CT molecular complexity index is 629. The molecule has 3 rings (SSSR count). The van der Waals surface area contributed by atoms with Crippen LogP contribution >= 0.6 is 0 Å². The highest BCUT2D eigenvalue weighted by molar-refractivity contribution is 5.90. The fraction of sp³-hybridized carbons (Fsp3) is 0.500. The van der Waals surface area contributed by atoms with Gasteiger partial charge in [-0.3, -0.25) is 0 Å². The zero-order valence-electron chi connectivity index (χ0n) is 11.0. The highest BCUT2D eigenvalue weighted by Crippen LogP contribution is 2.37. The van der Waals surface area contributed by atoms with Gasteiger partial charge in [0, 0.05) is 18.7 Å². The maximum Gasteiger partial charge on any atom is 0.337 e. The van der Waals surface area contributed by atoms with Crippen molar-refractivity contribution in [3.8, 4) is 0 Å². The molecule has 0 aromatic carbocycles. The number of rotatable bonds is 4. The second kappa shape index (κ2) is 4.64. The third kappa shape index (κ3) is 1.99. The van der Waals surface area contributed by atoms with Crippen molar-refractivity contribution in [1.29, 1.82) is 0 Å². The molecule has 0 bridgehead atoms. The number of aromatic nitrogens is 3. The van der Waals surface area contributed by atoms with Crippen LogP contribution in [-0.4, -0.2) is 25.6 Å². The van der Waals surface area contributed by atoms with Gasteiger partial charge in [-0.1, -0.05) is 13.3 Å². The molecule has 0 amide bonds. The fourth-order valence-electron chi connectivity index (χ4n) is 2.57. The van der Waals surface area contributed by atoms with E-state index in [4.69, 9.17) is 5.11 Å². The lowest BCUT2D eigenvalue weighted by Crippen LogP contribution is -2.15. The number of fused-ring (bicyclic) bond motifs is 1. The molecule has 0 radical (unpaired) electrons. The predicted octanol–water partition coefficient (Wildman–Crippen LogP) is 2.81. The van der Waals surface area contributed by atoms with Gasteiger partial charge < -0.3 is 9.67 Å². The number of pyridine rings is 1. The minimum absolute atomic E-state index is 0.203. The molecule has 5 nitrogen and oxygen atoms in total. The summed E-state index contributed by atoms with van der Waals surface area (Å²) in [6.45, 7) is 3.02. The van der Waals surface area contributed by atoms with E-state index in [9.17, 15) is 4.79 Å². The number of aryl methyl sites for hydroxylation is 1. The van der Waals surface area contributed by atoms with E-state index in [1.165, 1.54) is 25.5 Å². The molecule has 2 aromatic heterocycles. The van der Waals surface area contributed by atoms with Crippen molar-refractivity contribution < 1.29 is 9.90 Å². The molecule has 0 aliphatic heterocycles. The third-order valence-corrected chi connectivity index (χ3v) is 3.78. The maximum atomic E-state index is 11.0. The first-order valence-electron chi connectivity index (χ1n) is 6.80. The van der Waals surface area contributed by atoms with Gasteiger partial charge in [0.1, 0.15) is 11.3 Å². The van der Waals surface area contributed by atoms with Gasteiger partial charge in [0.2, 0.25) is 0 Å². The molecule has 1 saturated carbocycles. The molecular formula is C14H17N3O2. The highest BCUT2D eigenvalue weighted by Gasteiger charge is 2.26. The first-order chi connectivity index (χ1) is 9.20. The summed E-state index contributed by atoms with van der Waals surface area (Å²) in [5.74, 6) is 0.650. The van der Waals surface area contributed by atoms with Crippen LogP contribution in [0.15, 0.2) is 12.3 Å². The monoisotopic (exact) mass is 259 g/mol. The summed E-state index contributed by atoms with van der Waals surface area (Å²) in [6.07, 6.45) is 6.06. The number of carboxylic acid groups (broad SMARTS) is 1. The minimum Gasteiger partial charge on any atom is -0.478 e. The van der Waals surface area contributed by atoms with Crippen LogP contribution in [-0.2, 0) is 6.54 Å². The summed E-state index contributed by atoms with van der Waals surface area (Å²) < 4.78 is 2.16. The lowest BCUT2D eigenvalue weighted by Gasteiger charge is -2.25. The van der Waals surface area contributed by atoms with E-state index >= 15 is 0 Å². The molecule has 1 fully saturated rings. The molecule has 1 aliphatic carbocycles.